The Kier molecular flexibility index (Phi) is 6.59. The maximum atomic E-state index is 6.02. The molecule has 0 aromatic heterocycles. The Morgan fingerprint density at radius 2 is 2.09 bits per heavy atom. The van der Waals surface area contributed by atoms with Gasteiger partial charge >= 0.3 is 0 Å². The fraction of sp³-hybridized carbons (Fsp3) is 0.750. The highest BCUT2D eigenvalue weighted by Crippen LogP contribution is 2.17. The third-order valence-electron chi connectivity index (χ3n) is 3.83. The molecule has 7 heteroatoms. The number of ether oxygens (including phenoxy) is 1. The van der Waals surface area contributed by atoms with E-state index in [0.717, 1.165) is 25.9 Å². The van der Waals surface area contributed by atoms with Crippen molar-refractivity contribution in [3.05, 3.63) is 12.2 Å². The van der Waals surface area contributed by atoms with E-state index in [-0.39, 0.29) is 11.1 Å². The Hall–Kier alpha value is -0.950. The zero-order valence-corrected chi connectivity index (χ0v) is 15.3. The summed E-state index contributed by atoms with van der Waals surface area (Å²) in [5.74, 6) is 1.19. The summed E-state index contributed by atoms with van der Waals surface area (Å²) >= 11 is 6.02. The van der Waals surface area contributed by atoms with Crippen molar-refractivity contribution < 1.29 is 4.74 Å². The number of alkyl halides is 1. The van der Waals surface area contributed by atoms with Crippen LogP contribution in [-0.2, 0) is 4.74 Å². The quantitative estimate of drug-likeness (QED) is 0.369. The van der Waals surface area contributed by atoms with Crippen LogP contribution in [0.4, 0.5) is 0 Å². The standard InChI is InChI=1S/C16H28ClN5O/c1-16(2,3)23-12-22-9-7-13(8-10-22)11-18-19-15-6-5-14(17)21(4)20-15/h5-6,11,13-14H,7-10,12H2,1-4H3,(H,19,20)/b18-11+. The van der Waals surface area contributed by atoms with E-state index in [1.165, 1.54) is 0 Å². The molecule has 0 spiro atoms. The van der Waals surface area contributed by atoms with Gasteiger partial charge in [-0.15, -0.1) is 5.10 Å². The predicted octanol–water partition coefficient (Wildman–Crippen LogP) is 2.43. The summed E-state index contributed by atoms with van der Waals surface area (Å²) in [7, 11) is 1.87. The molecule has 0 aliphatic carbocycles. The van der Waals surface area contributed by atoms with Gasteiger partial charge in [-0.2, -0.15) is 5.10 Å². The van der Waals surface area contributed by atoms with Crippen molar-refractivity contribution in [2.45, 2.75) is 44.7 Å². The minimum absolute atomic E-state index is 0.0792. The fourth-order valence-corrected chi connectivity index (χ4v) is 2.46. The summed E-state index contributed by atoms with van der Waals surface area (Å²) in [6, 6.07) is 0. The molecule has 0 bridgehead atoms. The Bertz CT molecular complexity index is 464. The van der Waals surface area contributed by atoms with Crippen LogP contribution in [0.3, 0.4) is 0 Å². The monoisotopic (exact) mass is 341 g/mol. The molecule has 0 aromatic rings. The van der Waals surface area contributed by atoms with Crippen LogP contribution in [0.1, 0.15) is 33.6 Å². The van der Waals surface area contributed by atoms with Gasteiger partial charge < -0.3 is 10.2 Å². The molecule has 1 fully saturated rings. The van der Waals surface area contributed by atoms with Crippen molar-refractivity contribution >= 4 is 23.7 Å². The van der Waals surface area contributed by atoms with E-state index in [1.807, 2.05) is 25.4 Å². The van der Waals surface area contributed by atoms with Crippen LogP contribution in [0.25, 0.3) is 0 Å². The van der Waals surface area contributed by atoms with Gasteiger partial charge in [0.15, 0.2) is 5.84 Å². The second kappa shape index (κ2) is 8.24. The first-order valence-electron chi connectivity index (χ1n) is 8.13. The molecular weight excluding hydrogens is 314 g/mol. The second-order valence-electron chi connectivity index (χ2n) is 7.05. The molecular formula is C16H28ClN5O. The largest absolute Gasteiger partial charge is 0.360 e. The van der Waals surface area contributed by atoms with E-state index >= 15 is 0 Å². The SMILES string of the molecule is CN1N/C(=N\N=C\C2CCN(COC(C)(C)C)CC2)C=CC1Cl. The molecule has 0 amide bonds. The van der Waals surface area contributed by atoms with Crippen molar-refractivity contribution in [3.63, 3.8) is 0 Å². The molecule has 1 saturated heterocycles. The van der Waals surface area contributed by atoms with Gasteiger partial charge in [-0.05, 0) is 51.7 Å². The number of nitrogens with one attached hydrogen (secondary N) is 1. The normalized spacial score (nSPS) is 27.0. The van der Waals surface area contributed by atoms with Crippen LogP contribution in [0.15, 0.2) is 22.4 Å². The zero-order valence-electron chi connectivity index (χ0n) is 14.5. The fourth-order valence-electron chi connectivity index (χ4n) is 2.34. The number of amidine groups is 1. The number of nitrogens with zero attached hydrogens (tertiary/aromatic N) is 4. The number of hydrogen-bond acceptors (Lipinski definition) is 5. The number of piperidine rings is 1. The highest BCUT2D eigenvalue weighted by atomic mass is 35.5. The molecule has 0 aromatic carbocycles. The lowest BCUT2D eigenvalue weighted by atomic mass is 9.99. The van der Waals surface area contributed by atoms with E-state index < -0.39 is 0 Å². The van der Waals surface area contributed by atoms with Gasteiger partial charge in [0.25, 0.3) is 0 Å². The van der Waals surface area contributed by atoms with Crippen molar-refractivity contribution in [1.82, 2.24) is 15.3 Å². The molecule has 2 aliphatic heterocycles. The van der Waals surface area contributed by atoms with Gasteiger partial charge in [-0.25, -0.2) is 5.01 Å². The van der Waals surface area contributed by atoms with Crippen LogP contribution in [0, 0.1) is 5.92 Å². The zero-order chi connectivity index (χ0) is 16.9. The van der Waals surface area contributed by atoms with Crippen molar-refractivity contribution in [2.24, 2.45) is 16.1 Å². The number of hydrogen-bond donors (Lipinski definition) is 1. The van der Waals surface area contributed by atoms with Crippen LogP contribution in [0.2, 0.25) is 0 Å². The molecule has 2 rings (SSSR count). The van der Waals surface area contributed by atoms with Crippen LogP contribution < -0.4 is 5.43 Å². The van der Waals surface area contributed by atoms with E-state index in [1.54, 1.807) is 5.01 Å². The van der Waals surface area contributed by atoms with Crippen LogP contribution in [-0.4, -0.2) is 59.9 Å². The Morgan fingerprint density at radius 1 is 1.39 bits per heavy atom. The van der Waals surface area contributed by atoms with Crippen LogP contribution in [0.5, 0.6) is 0 Å². The Balaban J connectivity index is 1.73. The molecule has 1 N–H and O–H groups in total. The van der Waals surface area contributed by atoms with Gasteiger partial charge in [0.2, 0.25) is 0 Å². The van der Waals surface area contributed by atoms with E-state index in [0.29, 0.717) is 18.5 Å². The molecule has 0 radical (unpaired) electrons. The van der Waals surface area contributed by atoms with Gasteiger partial charge in [-0.3, -0.25) is 4.90 Å². The van der Waals surface area contributed by atoms with E-state index in [2.05, 4.69) is 41.3 Å². The summed E-state index contributed by atoms with van der Waals surface area (Å²) in [5, 5.41) is 10.2. The predicted molar refractivity (Wildman–Crippen MR) is 95.6 cm³/mol. The van der Waals surface area contributed by atoms with E-state index in [4.69, 9.17) is 16.3 Å². The second-order valence-corrected chi connectivity index (χ2v) is 7.49. The first-order chi connectivity index (χ1) is 10.8. The number of hydrazine groups is 1. The Morgan fingerprint density at radius 3 is 2.70 bits per heavy atom. The number of rotatable bonds is 4. The molecule has 2 aliphatic rings. The molecule has 6 nitrogen and oxygen atoms in total. The number of likely N-dealkylation sites (tertiary alicyclic amines) is 1. The molecule has 0 saturated carbocycles. The summed E-state index contributed by atoms with van der Waals surface area (Å²) < 4.78 is 5.82. The maximum absolute atomic E-state index is 6.02. The number of halogens is 1. The summed E-state index contributed by atoms with van der Waals surface area (Å²) in [4.78, 5) is 2.35. The topological polar surface area (TPSA) is 52.5 Å². The first-order valence-corrected chi connectivity index (χ1v) is 8.56. The van der Waals surface area contributed by atoms with Crippen LogP contribution >= 0.6 is 11.6 Å². The minimum atomic E-state index is -0.155. The minimum Gasteiger partial charge on any atom is -0.360 e. The highest BCUT2D eigenvalue weighted by Gasteiger charge is 2.20. The molecule has 23 heavy (non-hydrogen) atoms. The molecule has 1 atom stereocenters. The lowest BCUT2D eigenvalue weighted by molar-refractivity contribution is -0.0692. The van der Waals surface area contributed by atoms with Gasteiger partial charge in [0, 0.05) is 26.4 Å². The third-order valence-corrected chi connectivity index (χ3v) is 4.27. The molecule has 2 heterocycles. The summed E-state index contributed by atoms with van der Waals surface area (Å²) in [6.07, 6.45) is 7.86. The lowest BCUT2D eigenvalue weighted by Crippen LogP contribution is -2.45. The summed E-state index contributed by atoms with van der Waals surface area (Å²) in [6.45, 7) is 9.04. The molecule has 130 valence electrons. The maximum Gasteiger partial charge on any atom is 0.162 e. The average Bonchev–Trinajstić information content (AvgIpc) is 2.49. The van der Waals surface area contributed by atoms with Crippen molar-refractivity contribution in [3.8, 4) is 0 Å². The van der Waals surface area contributed by atoms with Crippen molar-refractivity contribution in [2.75, 3.05) is 26.9 Å². The van der Waals surface area contributed by atoms with Gasteiger partial charge in [0.1, 0.15) is 5.50 Å². The first kappa shape index (κ1) is 18.4. The van der Waals surface area contributed by atoms with Gasteiger partial charge in [-0.1, -0.05) is 11.6 Å². The lowest BCUT2D eigenvalue weighted by Gasteiger charge is -2.32. The van der Waals surface area contributed by atoms with E-state index in [9.17, 15) is 0 Å². The number of likely N-dealkylation sites (N-methyl/N-ethyl adjacent to an activating group) is 1. The van der Waals surface area contributed by atoms with Crippen molar-refractivity contribution in [1.29, 1.82) is 0 Å². The highest BCUT2D eigenvalue weighted by molar-refractivity contribution is 6.22. The average molecular weight is 342 g/mol. The summed E-state index contributed by atoms with van der Waals surface area (Å²) in [5.41, 5.74) is 2.83. The molecule has 1 unspecified atom stereocenters. The smallest absolute Gasteiger partial charge is 0.162 e. The van der Waals surface area contributed by atoms with Gasteiger partial charge in [0.05, 0.1) is 12.3 Å². The third kappa shape index (κ3) is 6.59. The Labute approximate surface area is 144 Å².